The van der Waals surface area contributed by atoms with Crippen molar-refractivity contribution in [2.45, 2.75) is 19.3 Å². The molecule has 17 heavy (non-hydrogen) atoms. The van der Waals surface area contributed by atoms with E-state index >= 15 is 0 Å². The van der Waals surface area contributed by atoms with Crippen LogP contribution in [0.5, 0.6) is 0 Å². The molecular weight excluding hydrogens is 210 g/mol. The van der Waals surface area contributed by atoms with Crippen molar-refractivity contribution in [3.63, 3.8) is 0 Å². The SMILES string of the molecule is C1=CN2Nc3ccccc3C2=C2CCCCN12. The quantitative estimate of drug-likeness (QED) is 0.732. The summed E-state index contributed by atoms with van der Waals surface area (Å²) >= 11 is 0. The van der Waals surface area contributed by atoms with Gasteiger partial charge in [-0.25, -0.2) is 0 Å². The molecule has 1 aromatic rings. The zero-order valence-electron chi connectivity index (χ0n) is 9.69. The van der Waals surface area contributed by atoms with Crippen LogP contribution in [0.2, 0.25) is 0 Å². The van der Waals surface area contributed by atoms with Crippen LogP contribution in [0.3, 0.4) is 0 Å². The number of benzene rings is 1. The van der Waals surface area contributed by atoms with Gasteiger partial charge < -0.3 is 4.90 Å². The Hall–Kier alpha value is -1.90. The third-order valence-corrected chi connectivity index (χ3v) is 3.74. The highest BCUT2D eigenvalue weighted by molar-refractivity contribution is 5.83. The van der Waals surface area contributed by atoms with Crippen LogP contribution >= 0.6 is 0 Å². The van der Waals surface area contributed by atoms with E-state index < -0.39 is 0 Å². The second-order valence-electron chi connectivity index (χ2n) is 4.77. The summed E-state index contributed by atoms with van der Waals surface area (Å²) < 4.78 is 0. The first-order valence-electron chi connectivity index (χ1n) is 6.27. The van der Waals surface area contributed by atoms with E-state index in [-0.39, 0.29) is 0 Å². The molecule has 0 amide bonds. The summed E-state index contributed by atoms with van der Waals surface area (Å²) in [6, 6.07) is 8.54. The number of piperidine rings is 1. The topological polar surface area (TPSA) is 18.5 Å². The maximum Gasteiger partial charge on any atom is 0.0912 e. The Morgan fingerprint density at radius 2 is 2.00 bits per heavy atom. The number of hydrazine groups is 1. The molecule has 3 aliphatic rings. The fourth-order valence-corrected chi connectivity index (χ4v) is 2.93. The van der Waals surface area contributed by atoms with Crippen LogP contribution in [-0.4, -0.2) is 16.5 Å². The Kier molecular flexibility index (Phi) is 1.78. The van der Waals surface area contributed by atoms with E-state index in [0.717, 1.165) is 6.54 Å². The molecule has 1 fully saturated rings. The van der Waals surface area contributed by atoms with E-state index in [1.165, 1.54) is 41.9 Å². The highest BCUT2D eigenvalue weighted by Gasteiger charge is 2.30. The molecule has 0 radical (unpaired) electrons. The normalized spacial score (nSPS) is 20.9. The average molecular weight is 225 g/mol. The van der Waals surface area contributed by atoms with Crippen LogP contribution in [0.25, 0.3) is 5.70 Å². The standard InChI is InChI=1S/C14H15N3/c1-2-6-12-11(5-1)14-13-7-3-4-8-16(13)9-10-17(14)15-12/h1-2,5-6,9-10,15H,3-4,7-8H2. The molecule has 0 aliphatic carbocycles. The zero-order valence-corrected chi connectivity index (χ0v) is 9.69. The molecule has 3 heterocycles. The summed E-state index contributed by atoms with van der Waals surface area (Å²) in [5, 5.41) is 2.15. The van der Waals surface area contributed by atoms with Gasteiger partial charge in [-0.2, -0.15) is 0 Å². The lowest BCUT2D eigenvalue weighted by Crippen LogP contribution is -2.31. The lowest BCUT2D eigenvalue weighted by atomic mass is 10.0. The second kappa shape index (κ2) is 3.29. The molecule has 3 nitrogen and oxygen atoms in total. The van der Waals surface area contributed by atoms with E-state index in [1.807, 2.05) is 0 Å². The molecule has 1 N–H and O–H groups in total. The van der Waals surface area contributed by atoms with Crippen molar-refractivity contribution in [1.82, 2.24) is 9.91 Å². The average Bonchev–Trinajstić information content (AvgIpc) is 2.77. The number of nitrogens with zero attached hydrogens (tertiary/aromatic N) is 2. The van der Waals surface area contributed by atoms with Crippen molar-refractivity contribution in [3.8, 4) is 0 Å². The largest absolute Gasteiger partial charge is 0.348 e. The van der Waals surface area contributed by atoms with Gasteiger partial charge in [-0.3, -0.25) is 10.4 Å². The lowest BCUT2D eigenvalue weighted by molar-refractivity contribution is 0.358. The van der Waals surface area contributed by atoms with E-state index in [0.29, 0.717) is 0 Å². The molecule has 0 spiro atoms. The van der Waals surface area contributed by atoms with Crippen molar-refractivity contribution < 1.29 is 0 Å². The Balaban J connectivity index is 1.90. The summed E-state index contributed by atoms with van der Waals surface area (Å²) in [6.07, 6.45) is 8.11. The van der Waals surface area contributed by atoms with Gasteiger partial charge in [-0.05, 0) is 25.3 Å². The van der Waals surface area contributed by atoms with Crippen LogP contribution in [0.4, 0.5) is 5.69 Å². The molecule has 0 bridgehead atoms. The first-order chi connectivity index (χ1) is 8.43. The van der Waals surface area contributed by atoms with Crippen LogP contribution in [0.15, 0.2) is 42.4 Å². The fraction of sp³-hybridized carbons (Fsp3) is 0.286. The van der Waals surface area contributed by atoms with Crippen molar-refractivity contribution >= 4 is 11.4 Å². The summed E-state index contributed by atoms with van der Waals surface area (Å²) in [5.74, 6) is 0. The third-order valence-electron chi connectivity index (χ3n) is 3.74. The van der Waals surface area contributed by atoms with Crippen LogP contribution in [-0.2, 0) is 0 Å². The van der Waals surface area contributed by atoms with Crippen molar-refractivity contribution in [1.29, 1.82) is 0 Å². The summed E-state index contributed by atoms with van der Waals surface area (Å²) in [6.45, 7) is 1.16. The van der Waals surface area contributed by atoms with Crippen molar-refractivity contribution in [2.75, 3.05) is 12.0 Å². The lowest BCUT2D eigenvalue weighted by Gasteiger charge is -2.35. The van der Waals surface area contributed by atoms with Gasteiger partial charge in [0, 0.05) is 30.2 Å². The van der Waals surface area contributed by atoms with Gasteiger partial charge in [0.05, 0.1) is 11.4 Å². The van der Waals surface area contributed by atoms with Gasteiger partial charge in [0.25, 0.3) is 0 Å². The first-order valence-corrected chi connectivity index (χ1v) is 6.27. The number of hydrogen-bond donors (Lipinski definition) is 1. The van der Waals surface area contributed by atoms with Crippen molar-refractivity contribution in [2.24, 2.45) is 0 Å². The molecule has 1 aromatic carbocycles. The monoisotopic (exact) mass is 225 g/mol. The summed E-state index contributed by atoms with van der Waals surface area (Å²) in [4.78, 5) is 2.40. The van der Waals surface area contributed by atoms with Gasteiger partial charge in [0.1, 0.15) is 0 Å². The predicted molar refractivity (Wildman–Crippen MR) is 68.5 cm³/mol. The highest BCUT2D eigenvalue weighted by atomic mass is 15.5. The molecule has 1 saturated heterocycles. The van der Waals surface area contributed by atoms with E-state index in [4.69, 9.17) is 0 Å². The Bertz CT molecular complexity index is 530. The smallest absolute Gasteiger partial charge is 0.0912 e. The van der Waals surface area contributed by atoms with E-state index in [2.05, 4.69) is 52.0 Å². The first kappa shape index (κ1) is 9.16. The van der Waals surface area contributed by atoms with Gasteiger partial charge in [0.2, 0.25) is 0 Å². The number of nitrogens with one attached hydrogen (secondary N) is 1. The minimum absolute atomic E-state index is 1.16. The van der Waals surface area contributed by atoms with Gasteiger partial charge in [0.15, 0.2) is 0 Å². The van der Waals surface area contributed by atoms with E-state index in [9.17, 15) is 0 Å². The van der Waals surface area contributed by atoms with Gasteiger partial charge >= 0.3 is 0 Å². The van der Waals surface area contributed by atoms with Crippen molar-refractivity contribution in [3.05, 3.63) is 47.9 Å². The molecule has 3 aliphatic heterocycles. The minimum Gasteiger partial charge on any atom is -0.348 e. The Labute approximate surface area is 101 Å². The maximum absolute atomic E-state index is 3.43. The third kappa shape index (κ3) is 1.22. The van der Waals surface area contributed by atoms with Gasteiger partial charge in [-0.1, -0.05) is 18.2 Å². The summed E-state index contributed by atoms with van der Waals surface area (Å²) in [7, 11) is 0. The molecule has 3 heteroatoms. The highest BCUT2D eigenvalue weighted by Crippen LogP contribution is 2.41. The Morgan fingerprint density at radius 1 is 1.06 bits per heavy atom. The number of anilines is 1. The number of rotatable bonds is 0. The zero-order chi connectivity index (χ0) is 11.2. The molecular formula is C14H15N3. The molecule has 0 atom stereocenters. The number of fused-ring (bicyclic) bond motifs is 4. The number of para-hydroxylation sites is 1. The van der Waals surface area contributed by atoms with Crippen LogP contribution in [0.1, 0.15) is 24.8 Å². The molecule has 0 aromatic heterocycles. The predicted octanol–water partition coefficient (Wildman–Crippen LogP) is 2.97. The maximum atomic E-state index is 3.43. The minimum atomic E-state index is 1.16. The molecule has 0 saturated carbocycles. The molecule has 4 rings (SSSR count). The summed E-state index contributed by atoms with van der Waals surface area (Å²) in [5.41, 5.74) is 8.80. The Morgan fingerprint density at radius 3 is 3.00 bits per heavy atom. The molecule has 86 valence electrons. The number of hydrogen-bond acceptors (Lipinski definition) is 3. The van der Waals surface area contributed by atoms with E-state index in [1.54, 1.807) is 0 Å². The van der Waals surface area contributed by atoms with Gasteiger partial charge in [-0.15, -0.1) is 0 Å². The van der Waals surface area contributed by atoms with Crippen LogP contribution in [0, 0.1) is 0 Å². The van der Waals surface area contributed by atoms with Crippen LogP contribution < -0.4 is 5.43 Å². The second-order valence-corrected chi connectivity index (χ2v) is 4.77. The molecule has 0 unspecified atom stereocenters. The fourth-order valence-electron chi connectivity index (χ4n) is 2.93. The number of allylic oxidation sites excluding steroid dienone is 1.